The number of nitrogens with zero attached hydrogens (tertiary/aromatic N) is 2. The fourth-order valence-electron chi connectivity index (χ4n) is 5.39. The Labute approximate surface area is 209 Å². The lowest BCUT2D eigenvalue weighted by Gasteiger charge is -2.29. The SMILES string of the molecule is COCCN(C)C(=O)C(CC1CCCCC1)OC(=O)N[C@@H](C)CN1CC(C)(C)c2cc(F)ccc21. The van der Waals surface area contributed by atoms with E-state index in [-0.39, 0.29) is 23.2 Å². The summed E-state index contributed by atoms with van der Waals surface area (Å²) in [6.45, 7) is 8.28. The van der Waals surface area contributed by atoms with Gasteiger partial charge in [-0.25, -0.2) is 9.18 Å². The van der Waals surface area contributed by atoms with E-state index in [4.69, 9.17) is 9.47 Å². The molecule has 2 atom stereocenters. The lowest BCUT2D eigenvalue weighted by molar-refractivity contribution is -0.140. The van der Waals surface area contributed by atoms with E-state index in [1.54, 1.807) is 31.2 Å². The molecule has 2 amide bonds. The van der Waals surface area contributed by atoms with Crippen molar-refractivity contribution in [3.8, 4) is 0 Å². The van der Waals surface area contributed by atoms with Gasteiger partial charge in [0.1, 0.15) is 5.82 Å². The van der Waals surface area contributed by atoms with Crippen LogP contribution in [0.2, 0.25) is 0 Å². The van der Waals surface area contributed by atoms with Crippen LogP contribution in [0, 0.1) is 11.7 Å². The third kappa shape index (κ3) is 7.32. The average Bonchev–Trinajstić information content (AvgIpc) is 3.05. The Hall–Kier alpha value is -2.35. The van der Waals surface area contributed by atoms with E-state index in [1.807, 2.05) is 6.92 Å². The second-order valence-electron chi connectivity index (χ2n) is 10.9. The van der Waals surface area contributed by atoms with Gasteiger partial charge in [-0.15, -0.1) is 0 Å². The van der Waals surface area contributed by atoms with Crippen LogP contribution in [-0.4, -0.2) is 69.4 Å². The van der Waals surface area contributed by atoms with Gasteiger partial charge < -0.3 is 24.6 Å². The van der Waals surface area contributed by atoms with Crippen LogP contribution in [-0.2, 0) is 19.7 Å². The Morgan fingerprint density at radius 2 is 1.97 bits per heavy atom. The number of hydrogen-bond acceptors (Lipinski definition) is 5. The van der Waals surface area contributed by atoms with Crippen molar-refractivity contribution >= 4 is 17.7 Å². The summed E-state index contributed by atoms with van der Waals surface area (Å²) in [5, 5.41) is 2.91. The molecule has 7 nitrogen and oxygen atoms in total. The first kappa shape index (κ1) is 27.2. The molecule has 1 N–H and O–H groups in total. The molecule has 2 aliphatic rings. The number of rotatable bonds is 10. The summed E-state index contributed by atoms with van der Waals surface area (Å²) in [4.78, 5) is 29.7. The Morgan fingerprint density at radius 1 is 1.26 bits per heavy atom. The standard InChI is InChI=1S/C27H42FN3O4/c1-19(17-31-18-27(2,3)22-16-21(28)11-12-23(22)31)29-26(33)35-24(15-20-9-7-6-8-10-20)25(32)30(4)13-14-34-5/h11-12,16,19-20,24H,6-10,13-15,17-18H2,1-5H3,(H,29,33)/t19-,24?/m0/s1. The topological polar surface area (TPSA) is 71.1 Å². The van der Waals surface area contributed by atoms with Crippen LogP contribution < -0.4 is 10.2 Å². The highest BCUT2D eigenvalue weighted by Gasteiger charge is 2.36. The van der Waals surface area contributed by atoms with E-state index in [9.17, 15) is 14.0 Å². The van der Waals surface area contributed by atoms with Crippen molar-refractivity contribution in [2.24, 2.45) is 5.92 Å². The predicted octanol–water partition coefficient (Wildman–Crippen LogP) is 4.48. The van der Waals surface area contributed by atoms with Crippen molar-refractivity contribution in [2.75, 3.05) is 45.3 Å². The monoisotopic (exact) mass is 491 g/mol. The summed E-state index contributed by atoms with van der Waals surface area (Å²) in [6, 6.07) is 4.66. The highest BCUT2D eigenvalue weighted by molar-refractivity contribution is 5.83. The van der Waals surface area contributed by atoms with Crippen LogP contribution in [0.25, 0.3) is 0 Å². The van der Waals surface area contributed by atoms with Gasteiger partial charge in [-0.2, -0.15) is 0 Å². The number of nitrogens with one attached hydrogen (secondary N) is 1. The van der Waals surface area contributed by atoms with E-state index >= 15 is 0 Å². The fourth-order valence-corrected chi connectivity index (χ4v) is 5.39. The van der Waals surface area contributed by atoms with Crippen LogP contribution in [0.15, 0.2) is 18.2 Å². The highest BCUT2D eigenvalue weighted by Crippen LogP contribution is 2.40. The molecule has 1 aliphatic carbocycles. The van der Waals surface area contributed by atoms with Crippen LogP contribution >= 0.6 is 0 Å². The number of alkyl carbamates (subject to hydrolysis) is 1. The molecule has 1 fully saturated rings. The van der Waals surface area contributed by atoms with Crippen molar-refractivity contribution in [1.82, 2.24) is 10.2 Å². The molecule has 0 aromatic heterocycles. The predicted molar refractivity (Wildman–Crippen MR) is 135 cm³/mol. The smallest absolute Gasteiger partial charge is 0.408 e. The summed E-state index contributed by atoms with van der Waals surface area (Å²) in [5.41, 5.74) is 1.79. The van der Waals surface area contributed by atoms with Crippen LogP contribution in [0.1, 0.15) is 64.9 Å². The minimum absolute atomic E-state index is 0.179. The number of ether oxygens (including phenoxy) is 2. The van der Waals surface area contributed by atoms with Gasteiger partial charge >= 0.3 is 6.09 Å². The summed E-state index contributed by atoms with van der Waals surface area (Å²) in [7, 11) is 3.31. The number of fused-ring (bicyclic) bond motifs is 1. The Bertz CT molecular complexity index is 872. The Kier molecular flexibility index (Phi) is 9.39. The first-order chi connectivity index (χ1) is 16.6. The van der Waals surface area contributed by atoms with Gasteiger partial charge in [0, 0.05) is 50.9 Å². The number of hydrogen-bond donors (Lipinski definition) is 1. The number of methoxy groups -OCH3 is 1. The van der Waals surface area contributed by atoms with E-state index in [1.165, 1.54) is 12.5 Å². The molecular weight excluding hydrogens is 449 g/mol. The Balaban J connectivity index is 1.60. The Morgan fingerprint density at radius 3 is 2.66 bits per heavy atom. The zero-order valence-electron chi connectivity index (χ0n) is 21.9. The quantitative estimate of drug-likeness (QED) is 0.523. The van der Waals surface area contributed by atoms with Crippen LogP contribution in [0.5, 0.6) is 0 Å². The van der Waals surface area contributed by atoms with E-state index in [0.29, 0.717) is 32.0 Å². The second kappa shape index (κ2) is 12.1. The molecule has 0 radical (unpaired) electrons. The molecule has 3 rings (SSSR count). The molecule has 1 aliphatic heterocycles. The minimum atomic E-state index is -0.804. The molecule has 1 aromatic carbocycles. The van der Waals surface area contributed by atoms with Crippen molar-refractivity contribution in [3.63, 3.8) is 0 Å². The van der Waals surface area contributed by atoms with Gasteiger partial charge in [0.05, 0.1) is 6.61 Å². The van der Waals surface area contributed by atoms with E-state index < -0.39 is 12.2 Å². The number of halogens is 1. The number of amides is 2. The zero-order chi connectivity index (χ0) is 25.6. The summed E-state index contributed by atoms with van der Waals surface area (Å²) < 4.78 is 24.6. The largest absolute Gasteiger partial charge is 0.436 e. The molecule has 1 unspecified atom stereocenters. The maximum Gasteiger partial charge on any atom is 0.408 e. The van der Waals surface area contributed by atoms with Crippen molar-refractivity contribution in [3.05, 3.63) is 29.6 Å². The van der Waals surface area contributed by atoms with Crippen molar-refractivity contribution in [2.45, 2.75) is 76.9 Å². The number of carbonyl (C=O) groups excluding carboxylic acids is 2. The van der Waals surface area contributed by atoms with Gasteiger partial charge in [0.15, 0.2) is 6.10 Å². The molecule has 35 heavy (non-hydrogen) atoms. The van der Waals surface area contributed by atoms with Gasteiger partial charge in [-0.3, -0.25) is 4.79 Å². The lowest BCUT2D eigenvalue weighted by Crippen LogP contribution is -2.47. The molecule has 8 heteroatoms. The molecule has 0 bridgehead atoms. The fraction of sp³-hybridized carbons (Fsp3) is 0.704. The normalized spacial score (nSPS) is 19.1. The molecule has 1 saturated carbocycles. The maximum atomic E-state index is 13.8. The lowest BCUT2D eigenvalue weighted by atomic mass is 9.85. The average molecular weight is 492 g/mol. The van der Waals surface area contributed by atoms with E-state index in [2.05, 4.69) is 24.1 Å². The first-order valence-corrected chi connectivity index (χ1v) is 12.9. The first-order valence-electron chi connectivity index (χ1n) is 12.9. The van der Waals surface area contributed by atoms with Gasteiger partial charge in [-0.05, 0) is 43.0 Å². The summed E-state index contributed by atoms with van der Waals surface area (Å²) >= 11 is 0. The third-order valence-corrected chi connectivity index (χ3v) is 7.28. The molecule has 196 valence electrons. The maximum absolute atomic E-state index is 13.8. The van der Waals surface area contributed by atoms with Gasteiger partial charge in [0.25, 0.3) is 5.91 Å². The van der Waals surface area contributed by atoms with Crippen LogP contribution in [0.4, 0.5) is 14.9 Å². The molecule has 1 heterocycles. The van der Waals surface area contributed by atoms with Crippen molar-refractivity contribution < 1.29 is 23.5 Å². The molecule has 0 saturated heterocycles. The number of benzene rings is 1. The summed E-state index contributed by atoms with van der Waals surface area (Å²) in [5.74, 6) is -0.0345. The zero-order valence-corrected chi connectivity index (χ0v) is 21.9. The number of likely N-dealkylation sites (N-methyl/N-ethyl adjacent to an activating group) is 1. The molecule has 0 spiro atoms. The summed E-state index contributed by atoms with van der Waals surface area (Å²) in [6.07, 6.45) is 4.85. The second-order valence-corrected chi connectivity index (χ2v) is 10.9. The van der Waals surface area contributed by atoms with Gasteiger partial charge in [0.2, 0.25) is 0 Å². The molecule has 1 aromatic rings. The highest BCUT2D eigenvalue weighted by atomic mass is 19.1. The molecular formula is C27H42FN3O4. The minimum Gasteiger partial charge on any atom is -0.436 e. The number of anilines is 1. The van der Waals surface area contributed by atoms with E-state index in [0.717, 1.165) is 43.5 Å². The number of carbonyl (C=O) groups is 2. The third-order valence-electron chi connectivity index (χ3n) is 7.28. The van der Waals surface area contributed by atoms with Gasteiger partial charge in [-0.1, -0.05) is 46.0 Å². The van der Waals surface area contributed by atoms with Crippen molar-refractivity contribution in [1.29, 1.82) is 0 Å². The van der Waals surface area contributed by atoms with Crippen LogP contribution in [0.3, 0.4) is 0 Å².